The highest BCUT2D eigenvalue weighted by atomic mass is 16.5. The number of morpholine rings is 1. The van der Waals surface area contributed by atoms with Crippen LogP contribution in [0.15, 0.2) is 0 Å². The molecule has 0 saturated carbocycles. The van der Waals surface area contributed by atoms with Gasteiger partial charge < -0.3 is 10.1 Å². The van der Waals surface area contributed by atoms with E-state index in [1.54, 1.807) is 0 Å². The number of hydrogen-bond donors (Lipinski definition) is 1. The molecular formula is C16H34N2O. The van der Waals surface area contributed by atoms with Gasteiger partial charge in [-0.2, -0.15) is 0 Å². The summed E-state index contributed by atoms with van der Waals surface area (Å²) in [5.74, 6) is 0. The average molecular weight is 270 g/mol. The number of nitrogens with zero attached hydrogens (tertiary/aromatic N) is 1. The van der Waals surface area contributed by atoms with E-state index in [1.165, 1.54) is 38.6 Å². The van der Waals surface area contributed by atoms with Crippen molar-refractivity contribution >= 4 is 0 Å². The molecule has 1 aliphatic rings. The topological polar surface area (TPSA) is 24.5 Å². The second-order valence-corrected chi connectivity index (χ2v) is 6.05. The fourth-order valence-corrected chi connectivity index (χ4v) is 2.82. The summed E-state index contributed by atoms with van der Waals surface area (Å²) in [7, 11) is 0. The second kappa shape index (κ2) is 9.73. The van der Waals surface area contributed by atoms with Crippen LogP contribution < -0.4 is 5.32 Å². The molecule has 3 nitrogen and oxygen atoms in total. The van der Waals surface area contributed by atoms with Crippen molar-refractivity contribution in [2.75, 3.05) is 26.2 Å². The van der Waals surface area contributed by atoms with Crippen LogP contribution in [0.5, 0.6) is 0 Å². The molecule has 0 radical (unpaired) electrons. The fourth-order valence-electron chi connectivity index (χ4n) is 2.82. The Morgan fingerprint density at radius 2 is 2.11 bits per heavy atom. The molecule has 0 spiro atoms. The smallest absolute Gasteiger partial charge is 0.0674 e. The minimum absolute atomic E-state index is 0.410. The molecule has 0 bridgehead atoms. The van der Waals surface area contributed by atoms with Gasteiger partial charge in [-0.3, -0.25) is 4.90 Å². The summed E-state index contributed by atoms with van der Waals surface area (Å²) in [5.41, 5.74) is 0. The largest absolute Gasteiger partial charge is 0.376 e. The highest BCUT2D eigenvalue weighted by molar-refractivity contribution is 4.77. The highest BCUT2D eigenvalue weighted by Crippen LogP contribution is 2.15. The zero-order valence-electron chi connectivity index (χ0n) is 13.5. The van der Waals surface area contributed by atoms with Crippen LogP contribution in [0.25, 0.3) is 0 Å². The first-order valence-corrected chi connectivity index (χ1v) is 8.26. The van der Waals surface area contributed by atoms with Gasteiger partial charge in [-0.1, -0.05) is 20.3 Å². The summed E-state index contributed by atoms with van der Waals surface area (Å²) >= 11 is 0. The van der Waals surface area contributed by atoms with E-state index in [-0.39, 0.29) is 0 Å². The molecule has 3 unspecified atom stereocenters. The van der Waals surface area contributed by atoms with Crippen molar-refractivity contribution in [3.8, 4) is 0 Å². The van der Waals surface area contributed by atoms with E-state index < -0.39 is 0 Å². The van der Waals surface area contributed by atoms with Crippen molar-refractivity contribution < 1.29 is 4.74 Å². The maximum absolute atomic E-state index is 5.75. The molecule has 0 aromatic rings. The third-order valence-electron chi connectivity index (χ3n) is 4.13. The number of hydrogen-bond acceptors (Lipinski definition) is 3. The van der Waals surface area contributed by atoms with Crippen LogP contribution in [-0.2, 0) is 4.74 Å². The number of unbranched alkanes of at least 4 members (excludes halogenated alkanes) is 1. The summed E-state index contributed by atoms with van der Waals surface area (Å²) in [6.07, 6.45) is 6.81. The quantitative estimate of drug-likeness (QED) is 0.652. The van der Waals surface area contributed by atoms with Gasteiger partial charge in [0.1, 0.15) is 0 Å². The Bertz CT molecular complexity index is 223. The van der Waals surface area contributed by atoms with Gasteiger partial charge in [-0.15, -0.1) is 0 Å². The summed E-state index contributed by atoms with van der Waals surface area (Å²) in [6, 6.07) is 1.32. The van der Waals surface area contributed by atoms with Crippen LogP contribution in [0, 0.1) is 0 Å². The average Bonchev–Trinajstić information content (AvgIpc) is 2.41. The van der Waals surface area contributed by atoms with E-state index in [0.29, 0.717) is 18.2 Å². The van der Waals surface area contributed by atoms with Crippen LogP contribution in [0.2, 0.25) is 0 Å². The van der Waals surface area contributed by atoms with Crippen LogP contribution in [-0.4, -0.2) is 49.3 Å². The van der Waals surface area contributed by atoms with Gasteiger partial charge in [-0.05, 0) is 52.6 Å². The molecule has 3 heteroatoms. The Kier molecular flexibility index (Phi) is 8.67. The number of nitrogens with one attached hydrogen (secondary N) is 1. The summed E-state index contributed by atoms with van der Waals surface area (Å²) < 4.78 is 5.75. The van der Waals surface area contributed by atoms with E-state index in [2.05, 4.69) is 37.9 Å². The van der Waals surface area contributed by atoms with Crippen LogP contribution in [0.3, 0.4) is 0 Å². The normalized spacial score (nSPS) is 26.5. The Morgan fingerprint density at radius 1 is 1.32 bits per heavy atom. The Balaban J connectivity index is 2.13. The minimum Gasteiger partial charge on any atom is -0.376 e. The predicted octanol–water partition coefficient (Wildman–Crippen LogP) is 3.04. The lowest BCUT2D eigenvalue weighted by Gasteiger charge is -2.38. The minimum atomic E-state index is 0.410. The molecule has 0 aromatic heterocycles. The van der Waals surface area contributed by atoms with Crippen LogP contribution in [0.4, 0.5) is 0 Å². The maximum Gasteiger partial charge on any atom is 0.0674 e. The molecule has 19 heavy (non-hydrogen) atoms. The number of ether oxygens (including phenoxy) is 1. The van der Waals surface area contributed by atoms with E-state index in [4.69, 9.17) is 4.74 Å². The Hall–Kier alpha value is -0.120. The van der Waals surface area contributed by atoms with Gasteiger partial charge in [0.2, 0.25) is 0 Å². The van der Waals surface area contributed by atoms with Crippen molar-refractivity contribution in [1.29, 1.82) is 0 Å². The fraction of sp³-hybridized carbons (Fsp3) is 1.00. The summed E-state index contributed by atoms with van der Waals surface area (Å²) in [4.78, 5) is 2.64. The summed E-state index contributed by atoms with van der Waals surface area (Å²) in [5, 5.41) is 3.56. The van der Waals surface area contributed by atoms with Crippen LogP contribution in [0.1, 0.15) is 59.8 Å². The molecular weight excluding hydrogens is 236 g/mol. The molecule has 114 valence electrons. The highest BCUT2D eigenvalue weighted by Gasteiger charge is 2.24. The molecule has 1 saturated heterocycles. The van der Waals surface area contributed by atoms with Crippen molar-refractivity contribution in [2.24, 2.45) is 0 Å². The van der Waals surface area contributed by atoms with Gasteiger partial charge in [0.05, 0.1) is 12.7 Å². The molecule has 1 heterocycles. The molecule has 0 aliphatic carbocycles. The SMILES string of the molecule is CCCNC(C)CCCCN1CC(C)OCC1CC. The van der Waals surface area contributed by atoms with Crippen molar-refractivity contribution in [1.82, 2.24) is 10.2 Å². The Labute approximate surface area is 120 Å². The van der Waals surface area contributed by atoms with Gasteiger partial charge in [0, 0.05) is 18.6 Å². The van der Waals surface area contributed by atoms with E-state index >= 15 is 0 Å². The second-order valence-electron chi connectivity index (χ2n) is 6.05. The lowest BCUT2D eigenvalue weighted by atomic mass is 10.1. The van der Waals surface area contributed by atoms with Gasteiger partial charge in [0.25, 0.3) is 0 Å². The van der Waals surface area contributed by atoms with Gasteiger partial charge >= 0.3 is 0 Å². The molecule has 1 aliphatic heterocycles. The van der Waals surface area contributed by atoms with Crippen LogP contribution >= 0.6 is 0 Å². The first-order valence-electron chi connectivity index (χ1n) is 8.26. The number of rotatable bonds is 9. The van der Waals surface area contributed by atoms with Crippen molar-refractivity contribution in [3.63, 3.8) is 0 Å². The van der Waals surface area contributed by atoms with E-state index in [0.717, 1.165) is 19.7 Å². The molecule has 1 fully saturated rings. The lowest BCUT2D eigenvalue weighted by molar-refractivity contribution is -0.0561. The zero-order chi connectivity index (χ0) is 14.1. The predicted molar refractivity (Wildman–Crippen MR) is 82.7 cm³/mol. The monoisotopic (exact) mass is 270 g/mol. The first kappa shape index (κ1) is 16.9. The molecule has 3 atom stereocenters. The van der Waals surface area contributed by atoms with Gasteiger partial charge in [-0.25, -0.2) is 0 Å². The Morgan fingerprint density at radius 3 is 2.79 bits per heavy atom. The maximum atomic E-state index is 5.75. The standard InChI is InChI=1S/C16H34N2O/c1-5-10-17-14(3)9-7-8-11-18-12-15(4)19-13-16(18)6-2/h14-17H,5-13H2,1-4H3. The van der Waals surface area contributed by atoms with E-state index in [1.807, 2.05) is 0 Å². The van der Waals surface area contributed by atoms with Gasteiger partial charge in [0.15, 0.2) is 0 Å². The zero-order valence-corrected chi connectivity index (χ0v) is 13.5. The van der Waals surface area contributed by atoms with Crippen molar-refractivity contribution in [3.05, 3.63) is 0 Å². The lowest BCUT2D eigenvalue weighted by Crippen LogP contribution is -2.48. The molecule has 1 N–H and O–H groups in total. The molecule has 0 aromatic carbocycles. The van der Waals surface area contributed by atoms with E-state index in [9.17, 15) is 0 Å². The third-order valence-corrected chi connectivity index (χ3v) is 4.13. The van der Waals surface area contributed by atoms with Crippen molar-refractivity contribution in [2.45, 2.75) is 78.0 Å². The molecule has 1 rings (SSSR count). The molecule has 0 amide bonds. The third kappa shape index (κ3) is 6.73. The first-order chi connectivity index (χ1) is 9.17. The summed E-state index contributed by atoms with van der Waals surface area (Å²) in [6.45, 7) is 13.4.